The highest BCUT2D eigenvalue weighted by atomic mass is 32.2. The smallest absolute Gasteiger partial charge is 0.285 e. The van der Waals surface area contributed by atoms with Crippen molar-refractivity contribution in [3.8, 4) is 5.75 Å². The average molecular weight is 373 g/mol. The van der Waals surface area contributed by atoms with Crippen molar-refractivity contribution in [2.45, 2.75) is 0 Å². The Labute approximate surface area is 152 Å². The topological polar surface area (TPSA) is 95.7 Å². The van der Waals surface area contributed by atoms with E-state index in [1.807, 2.05) is 0 Å². The number of hydrogen-bond acceptors (Lipinski definition) is 7. The maximum atomic E-state index is 12.5. The fourth-order valence-electron chi connectivity index (χ4n) is 2.10. The molecule has 0 spiro atoms. The van der Waals surface area contributed by atoms with Crippen LogP contribution in [0.25, 0.3) is 6.08 Å². The van der Waals surface area contributed by atoms with Gasteiger partial charge in [-0.3, -0.25) is 20.3 Å². The Hall–Kier alpha value is -2.91. The maximum absolute atomic E-state index is 12.5. The third-order valence-corrected chi connectivity index (χ3v) is 4.64. The molecule has 126 valence electrons. The summed E-state index contributed by atoms with van der Waals surface area (Å²) in [6.45, 7) is 0. The van der Waals surface area contributed by atoms with Crippen LogP contribution in [0.4, 0.5) is 11.4 Å². The lowest BCUT2D eigenvalue weighted by Crippen LogP contribution is -2.33. The molecule has 1 fully saturated rings. The standard InChI is InChI=1S/C16H11N3O4S2/c20-13-4-2-1-3-10(13)9-14-15(21)18(16(24)25-14)17-11-5-7-12(8-6-11)19(22)23/h1-9,17,20H/b14-9+. The number of carbonyl (C=O) groups excluding carboxylic acids is 1. The predicted octanol–water partition coefficient (Wildman–Crippen LogP) is 3.53. The maximum Gasteiger partial charge on any atom is 0.285 e. The van der Waals surface area contributed by atoms with Crippen LogP contribution in [0.1, 0.15) is 5.56 Å². The molecular weight excluding hydrogens is 362 g/mol. The number of thiocarbonyl (C=S) groups is 1. The monoisotopic (exact) mass is 373 g/mol. The molecule has 1 heterocycles. The molecule has 25 heavy (non-hydrogen) atoms. The zero-order valence-corrected chi connectivity index (χ0v) is 14.2. The SMILES string of the molecule is O=C1/C(=C\c2ccccc2O)SC(=S)N1Nc1ccc([N+](=O)[O-])cc1. The quantitative estimate of drug-likeness (QED) is 0.366. The van der Waals surface area contributed by atoms with Crippen molar-refractivity contribution in [1.82, 2.24) is 5.01 Å². The summed E-state index contributed by atoms with van der Waals surface area (Å²) >= 11 is 6.30. The summed E-state index contributed by atoms with van der Waals surface area (Å²) in [6.07, 6.45) is 1.56. The first kappa shape index (κ1) is 16.9. The molecule has 7 nitrogen and oxygen atoms in total. The number of amides is 1. The average Bonchev–Trinajstić information content (AvgIpc) is 2.85. The predicted molar refractivity (Wildman–Crippen MR) is 99.8 cm³/mol. The number of thioether (sulfide) groups is 1. The van der Waals surface area contributed by atoms with Gasteiger partial charge in [-0.25, -0.2) is 5.01 Å². The Morgan fingerprint density at radius 3 is 2.52 bits per heavy atom. The molecule has 1 amide bonds. The molecule has 1 aliphatic heterocycles. The number of phenols is 1. The minimum Gasteiger partial charge on any atom is -0.507 e. The number of rotatable bonds is 4. The third kappa shape index (κ3) is 3.62. The van der Waals surface area contributed by atoms with Crippen LogP contribution >= 0.6 is 24.0 Å². The molecule has 0 aromatic heterocycles. The molecular formula is C16H11N3O4S2. The third-order valence-electron chi connectivity index (χ3n) is 3.34. The van der Waals surface area contributed by atoms with Crippen LogP contribution in [0.15, 0.2) is 53.4 Å². The van der Waals surface area contributed by atoms with Gasteiger partial charge in [-0.2, -0.15) is 0 Å². The van der Waals surface area contributed by atoms with Gasteiger partial charge in [0.2, 0.25) is 0 Å². The van der Waals surface area contributed by atoms with Gasteiger partial charge in [0.05, 0.1) is 15.5 Å². The molecule has 1 aliphatic rings. The number of anilines is 1. The van der Waals surface area contributed by atoms with Crippen molar-refractivity contribution < 1.29 is 14.8 Å². The lowest BCUT2D eigenvalue weighted by Gasteiger charge is -2.16. The fourth-order valence-corrected chi connectivity index (χ4v) is 3.27. The van der Waals surface area contributed by atoms with Crippen LogP contribution in [-0.2, 0) is 4.79 Å². The Morgan fingerprint density at radius 2 is 1.88 bits per heavy atom. The first-order chi connectivity index (χ1) is 12.0. The van der Waals surface area contributed by atoms with E-state index >= 15 is 0 Å². The van der Waals surface area contributed by atoms with Gasteiger partial charge in [0.1, 0.15) is 5.75 Å². The highest BCUT2D eigenvalue weighted by Gasteiger charge is 2.32. The molecule has 0 bridgehead atoms. The Balaban J connectivity index is 1.80. The van der Waals surface area contributed by atoms with Gasteiger partial charge in [0, 0.05) is 17.7 Å². The van der Waals surface area contributed by atoms with E-state index in [1.165, 1.54) is 35.3 Å². The van der Waals surface area contributed by atoms with Gasteiger partial charge < -0.3 is 5.11 Å². The fraction of sp³-hybridized carbons (Fsp3) is 0. The van der Waals surface area contributed by atoms with Crippen LogP contribution < -0.4 is 5.43 Å². The highest BCUT2D eigenvalue weighted by molar-refractivity contribution is 8.26. The van der Waals surface area contributed by atoms with Gasteiger partial charge in [-0.05, 0) is 36.5 Å². The highest BCUT2D eigenvalue weighted by Crippen LogP contribution is 2.34. The molecule has 0 unspecified atom stereocenters. The first-order valence-corrected chi connectivity index (χ1v) is 8.25. The molecule has 2 aromatic rings. The number of benzene rings is 2. The molecule has 0 atom stereocenters. The molecule has 2 aromatic carbocycles. The zero-order valence-electron chi connectivity index (χ0n) is 12.6. The molecule has 0 radical (unpaired) electrons. The van der Waals surface area contributed by atoms with Crippen molar-refractivity contribution >= 4 is 51.7 Å². The number of nitro benzene ring substituents is 1. The Bertz CT molecular complexity index is 897. The number of aromatic hydroxyl groups is 1. The second-order valence-corrected chi connectivity index (χ2v) is 6.67. The second kappa shape index (κ2) is 6.91. The number of nitrogens with one attached hydrogen (secondary N) is 1. The summed E-state index contributed by atoms with van der Waals surface area (Å²) in [7, 11) is 0. The summed E-state index contributed by atoms with van der Waals surface area (Å²) in [5.41, 5.74) is 3.79. The van der Waals surface area contributed by atoms with Crippen molar-refractivity contribution in [3.63, 3.8) is 0 Å². The molecule has 2 N–H and O–H groups in total. The van der Waals surface area contributed by atoms with Crippen molar-refractivity contribution in [3.05, 3.63) is 69.1 Å². The van der Waals surface area contributed by atoms with E-state index in [0.717, 1.165) is 11.8 Å². The molecule has 0 aliphatic carbocycles. The van der Waals surface area contributed by atoms with E-state index in [1.54, 1.807) is 24.3 Å². The van der Waals surface area contributed by atoms with Crippen LogP contribution in [0.2, 0.25) is 0 Å². The molecule has 3 rings (SSSR count). The summed E-state index contributed by atoms with van der Waals surface area (Å²) in [4.78, 5) is 23.0. The van der Waals surface area contributed by atoms with Gasteiger partial charge in [0.25, 0.3) is 11.6 Å². The molecule has 0 saturated carbocycles. The van der Waals surface area contributed by atoms with Crippen LogP contribution in [-0.4, -0.2) is 25.3 Å². The Kier molecular flexibility index (Phi) is 4.68. The van der Waals surface area contributed by atoms with Crippen molar-refractivity contribution in [1.29, 1.82) is 0 Å². The minimum atomic E-state index is -0.502. The first-order valence-electron chi connectivity index (χ1n) is 7.03. The summed E-state index contributed by atoms with van der Waals surface area (Å²) in [5, 5.41) is 21.7. The number of para-hydroxylation sites is 1. The lowest BCUT2D eigenvalue weighted by molar-refractivity contribution is -0.384. The van der Waals surface area contributed by atoms with E-state index in [4.69, 9.17) is 12.2 Å². The summed E-state index contributed by atoms with van der Waals surface area (Å²) in [5.74, 6) is -0.298. The minimum absolute atomic E-state index is 0.0459. The van der Waals surface area contributed by atoms with E-state index in [2.05, 4.69) is 5.43 Å². The molecule has 9 heteroatoms. The number of hydrazine groups is 1. The summed E-state index contributed by atoms with van der Waals surface area (Å²) < 4.78 is 0.296. The zero-order chi connectivity index (χ0) is 18.0. The largest absolute Gasteiger partial charge is 0.507 e. The van der Waals surface area contributed by atoms with E-state index < -0.39 is 4.92 Å². The number of phenolic OH excluding ortho intramolecular Hbond substituents is 1. The van der Waals surface area contributed by atoms with Crippen LogP contribution in [0.5, 0.6) is 5.75 Å². The Morgan fingerprint density at radius 1 is 1.20 bits per heavy atom. The number of non-ortho nitro benzene ring substituents is 1. The number of nitrogens with zero attached hydrogens (tertiary/aromatic N) is 2. The number of nitro groups is 1. The van der Waals surface area contributed by atoms with Crippen molar-refractivity contribution in [2.75, 3.05) is 5.43 Å². The van der Waals surface area contributed by atoms with Gasteiger partial charge >= 0.3 is 0 Å². The van der Waals surface area contributed by atoms with Gasteiger partial charge in [-0.1, -0.05) is 30.0 Å². The number of carbonyl (C=O) groups is 1. The van der Waals surface area contributed by atoms with Gasteiger partial charge in [0.15, 0.2) is 4.32 Å². The van der Waals surface area contributed by atoms with Crippen LogP contribution in [0.3, 0.4) is 0 Å². The van der Waals surface area contributed by atoms with Crippen molar-refractivity contribution in [2.24, 2.45) is 0 Å². The summed E-state index contributed by atoms with van der Waals surface area (Å²) in [6, 6.07) is 12.3. The number of hydrogen-bond donors (Lipinski definition) is 2. The molecule has 1 saturated heterocycles. The normalized spacial score (nSPS) is 15.7. The van der Waals surface area contributed by atoms with Gasteiger partial charge in [-0.15, -0.1) is 0 Å². The van der Waals surface area contributed by atoms with E-state index in [-0.39, 0.29) is 17.3 Å². The lowest BCUT2D eigenvalue weighted by atomic mass is 10.2. The second-order valence-electron chi connectivity index (χ2n) is 4.99. The van der Waals surface area contributed by atoms with E-state index in [0.29, 0.717) is 20.5 Å². The van der Waals surface area contributed by atoms with E-state index in [9.17, 15) is 20.0 Å². The van der Waals surface area contributed by atoms with Crippen LogP contribution in [0, 0.1) is 10.1 Å².